The Labute approximate surface area is 225 Å². The number of halogens is 1. The molecule has 0 amide bonds. The maximum Gasteiger partial charge on any atom is 0.296 e. The Morgan fingerprint density at radius 1 is 1.08 bits per heavy atom. The van der Waals surface area contributed by atoms with Crippen molar-refractivity contribution in [2.45, 2.75) is 62.2 Å². The molecule has 1 atom stereocenters. The van der Waals surface area contributed by atoms with E-state index >= 15 is 0 Å². The van der Waals surface area contributed by atoms with Crippen LogP contribution in [0, 0.1) is 12.9 Å². The highest BCUT2D eigenvalue weighted by molar-refractivity contribution is 7.91. The monoisotopic (exact) mass is 549 g/mol. The van der Waals surface area contributed by atoms with E-state index in [0.29, 0.717) is 23.2 Å². The number of aryl methyl sites for hydroxylation is 2. The molecule has 1 aliphatic carbocycles. The van der Waals surface area contributed by atoms with Gasteiger partial charge in [0.1, 0.15) is 12.4 Å². The van der Waals surface area contributed by atoms with Crippen LogP contribution in [0.1, 0.15) is 49.0 Å². The van der Waals surface area contributed by atoms with Crippen LogP contribution in [-0.4, -0.2) is 34.2 Å². The molecule has 1 N–H and O–H groups in total. The van der Waals surface area contributed by atoms with Gasteiger partial charge in [0, 0.05) is 11.3 Å². The van der Waals surface area contributed by atoms with Gasteiger partial charge in [-0.25, -0.2) is 13.4 Å². The van der Waals surface area contributed by atoms with Crippen molar-refractivity contribution >= 4 is 9.84 Å². The molecule has 4 aromatic rings. The van der Waals surface area contributed by atoms with E-state index in [1.54, 1.807) is 25.1 Å². The molecule has 10 heteroatoms. The quantitative estimate of drug-likeness (QED) is 0.331. The van der Waals surface area contributed by atoms with E-state index < -0.39 is 38.2 Å². The van der Waals surface area contributed by atoms with Crippen LogP contribution in [-0.2, 0) is 27.6 Å². The number of hydrogen-bond donors (Lipinski definition) is 1. The molecule has 0 radical (unpaired) electrons. The number of ether oxygens (including phenoxy) is 1. The molecule has 2 aromatic heterocycles. The Morgan fingerprint density at radius 3 is 2.49 bits per heavy atom. The van der Waals surface area contributed by atoms with E-state index in [1.807, 2.05) is 38.1 Å². The number of nitrogens with zero attached hydrogens (tertiary/aromatic N) is 3. The Morgan fingerprint density at radius 2 is 1.79 bits per heavy atom. The van der Waals surface area contributed by atoms with Gasteiger partial charge in [-0.2, -0.15) is 9.37 Å². The second kappa shape index (κ2) is 10.3. The second-order valence-electron chi connectivity index (χ2n) is 9.76. The van der Waals surface area contributed by atoms with Crippen molar-refractivity contribution in [3.63, 3.8) is 0 Å². The van der Waals surface area contributed by atoms with Crippen LogP contribution in [0.5, 0.6) is 5.88 Å². The lowest BCUT2D eigenvalue weighted by Gasteiger charge is -2.23. The molecule has 0 fully saturated rings. The zero-order valence-corrected chi connectivity index (χ0v) is 22.6. The Kier molecular flexibility index (Phi) is 7.09. The standard InChI is InChI=1S/C29H28FN3O5S/c1-17(2)38-16-26-32-28(34)27(29(35)33(26)24-14-10-19-6-4-5-7-23(19)24)39(36,37)21-11-8-20(9-12-21)22-13-15-25(30)31-18(22)3/h4-9,11-13,15,17,24,35H,10,14,16H2,1-3H3/t24-/m0/s1. The van der Waals surface area contributed by atoms with Gasteiger partial charge in [-0.3, -0.25) is 9.36 Å². The Balaban J connectivity index is 1.62. The molecule has 0 saturated heterocycles. The van der Waals surface area contributed by atoms with Gasteiger partial charge in [-0.1, -0.05) is 36.4 Å². The summed E-state index contributed by atoms with van der Waals surface area (Å²) in [6.07, 6.45) is 1.17. The summed E-state index contributed by atoms with van der Waals surface area (Å²) >= 11 is 0. The fourth-order valence-electron chi connectivity index (χ4n) is 5.02. The number of sulfone groups is 1. The SMILES string of the molecule is Cc1nc(F)ccc1-c1ccc(S(=O)(=O)c2c(O)n([C@H]3CCc4ccccc43)c(COC(C)C)nc2=O)cc1. The highest BCUT2D eigenvalue weighted by Gasteiger charge is 2.34. The molecule has 39 heavy (non-hydrogen) atoms. The zero-order valence-electron chi connectivity index (χ0n) is 21.8. The third kappa shape index (κ3) is 4.97. The predicted octanol–water partition coefficient (Wildman–Crippen LogP) is 4.75. The van der Waals surface area contributed by atoms with E-state index in [0.717, 1.165) is 17.5 Å². The molecule has 202 valence electrons. The minimum absolute atomic E-state index is 0.0702. The predicted molar refractivity (Wildman–Crippen MR) is 143 cm³/mol. The average molecular weight is 550 g/mol. The first kappa shape index (κ1) is 26.7. The van der Waals surface area contributed by atoms with Crippen LogP contribution in [0.25, 0.3) is 11.1 Å². The summed E-state index contributed by atoms with van der Waals surface area (Å²) in [5, 5.41) is 11.4. The van der Waals surface area contributed by atoms with Crippen molar-refractivity contribution in [1.29, 1.82) is 0 Å². The zero-order chi connectivity index (χ0) is 27.9. The normalized spacial score (nSPS) is 15.1. The van der Waals surface area contributed by atoms with E-state index in [4.69, 9.17) is 4.74 Å². The Hall–Kier alpha value is -3.89. The van der Waals surface area contributed by atoms with Crippen LogP contribution in [0.2, 0.25) is 0 Å². The third-order valence-electron chi connectivity index (χ3n) is 6.89. The van der Waals surface area contributed by atoms with Crippen molar-refractivity contribution in [2.24, 2.45) is 0 Å². The van der Waals surface area contributed by atoms with E-state index in [2.05, 4.69) is 9.97 Å². The van der Waals surface area contributed by atoms with Crippen LogP contribution in [0.15, 0.2) is 75.2 Å². The first-order valence-electron chi connectivity index (χ1n) is 12.6. The molecule has 5 rings (SSSR count). The fraction of sp³-hybridized carbons (Fsp3) is 0.276. The number of fused-ring (bicyclic) bond motifs is 1. The van der Waals surface area contributed by atoms with Gasteiger partial charge in [-0.05, 0) is 74.6 Å². The summed E-state index contributed by atoms with van der Waals surface area (Å²) < 4.78 is 48.0. The summed E-state index contributed by atoms with van der Waals surface area (Å²) in [5.74, 6) is -1.12. The van der Waals surface area contributed by atoms with Crippen molar-refractivity contribution in [3.05, 3.63) is 99.6 Å². The highest BCUT2D eigenvalue weighted by Crippen LogP contribution is 2.39. The molecular weight excluding hydrogens is 521 g/mol. The first-order valence-corrected chi connectivity index (χ1v) is 14.1. The molecule has 1 aliphatic rings. The molecule has 0 aliphatic heterocycles. The summed E-state index contributed by atoms with van der Waals surface area (Å²) in [6.45, 7) is 5.25. The summed E-state index contributed by atoms with van der Waals surface area (Å²) in [7, 11) is -4.46. The Bertz CT molecular complexity index is 1720. The molecule has 8 nitrogen and oxygen atoms in total. The number of benzene rings is 2. The second-order valence-corrected chi connectivity index (χ2v) is 11.7. The first-order chi connectivity index (χ1) is 18.6. The van der Waals surface area contributed by atoms with Gasteiger partial charge >= 0.3 is 0 Å². The van der Waals surface area contributed by atoms with Crippen molar-refractivity contribution < 1.29 is 22.7 Å². The van der Waals surface area contributed by atoms with Crippen LogP contribution < -0.4 is 5.56 Å². The largest absolute Gasteiger partial charge is 0.493 e. The van der Waals surface area contributed by atoms with Gasteiger partial charge in [0.25, 0.3) is 5.56 Å². The molecule has 0 saturated carbocycles. The smallest absolute Gasteiger partial charge is 0.296 e. The lowest BCUT2D eigenvalue weighted by atomic mass is 10.1. The van der Waals surface area contributed by atoms with Crippen molar-refractivity contribution in [3.8, 4) is 17.0 Å². The van der Waals surface area contributed by atoms with Crippen molar-refractivity contribution in [1.82, 2.24) is 14.5 Å². The highest BCUT2D eigenvalue weighted by atomic mass is 32.2. The summed E-state index contributed by atoms with van der Waals surface area (Å²) in [6, 6.07) is 15.9. The number of rotatable bonds is 7. The van der Waals surface area contributed by atoms with Gasteiger partial charge in [0.05, 0.1) is 17.0 Å². The number of aromatic nitrogens is 3. The van der Waals surface area contributed by atoms with Crippen LogP contribution >= 0.6 is 0 Å². The molecule has 0 bridgehead atoms. The van der Waals surface area contributed by atoms with Crippen molar-refractivity contribution in [2.75, 3.05) is 0 Å². The summed E-state index contributed by atoms with van der Waals surface area (Å²) in [4.78, 5) is 20.1. The number of hydrogen-bond acceptors (Lipinski definition) is 7. The maximum absolute atomic E-state index is 13.7. The van der Waals surface area contributed by atoms with E-state index in [1.165, 1.54) is 22.8 Å². The topological polar surface area (TPSA) is 111 Å². The van der Waals surface area contributed by atoms with E-state index in [-0.39, 0.29) is 23.4 Å². The lowest BCUT2D eigenvalue weighted by Crippen LogP contribution is -2.27. The molecule has 0 spiro atoms. The molecule has 2 heterocycles. The minimum Gasteiger partial charge on any atom is -0.493 e. The van der Waals surface area contributed by atoms with E-state index in [9.17, 15) is 22.7 Å². The van der Waals surface area contributed by atoms with Crippen LogP contribution in [0.4, 0.5) is 4.39 Å². The maximum atomic E-state index is 13.7. The lowest BCUT2D eigenvalue weighted by molar-refractivity contribution is 0.0571. The van der Waals surface area contributed by atoms with Gasteiger partial charge in [0.15, 0.2) is 4.90 Å². The van der Waals surface area contributed by atoms with Gasteiger partial charge < -0.3 is 9.84 Å². The molecule has 0 unspecified atom stereocenters. The van der Waals surface area contributed by atoms with Gasteiger partial charge in [-0.15, -0.1) is 0 Å². The number of aromatic hydroxyl groups is 1. The molecule has 2 aromatic carbocycles. The summed E-state index contributed by atoms with van der Waals surface area (Å²) in [5.41, 5.74) is 2.68. The molecular formula is C29H28FN3O5S. The minimum atomic E-state index is -4.46. The average Bonchev–Trinajstić information content (AvgIpc) is 3.31. The fourth-order valence-corrected chi connectivity index (χ4v) is 6.37. The van der Waals surface area contributed by atoms with Crippen LogP contribution in [0.3, 0.4) is 0 Å². The number of pyridine rings is 1. The third-order valence-corrected chi connectivity index (χ3v) is 8.68. The van der Waals surface area contributed by atoms with Gasteiger partial charge in [0.2, 0.25) is 21.7 Å².